The third-order valence-electron chi connectivity index (χ3n) is 4.34. The summed E-state index contributed by atoms with van der Waals surface area (Å²) in [5, 5.41) is 2.55. The summed E-state index contributed by atoms with van der Waals surface area (Å²) in [5.41, 5.74) is 0.737. The zero-order valence-electron chi connectivity index (χ0n) is 16.3. The Morgan fingerprint density at radius 2 is 1.76 bits per heavy atom. The number of amides is 1. The number of alkyl halides is 3. The SMILES string of the molecule is CC[C@@H](C(=O)NCc1cccc(C(F)(F)F)c1)N(c1ccc(C)cc1)S(C)(=O)=O. The molecule has 0 saturated heterocycles. The van der Waals surface area contributed by atoms with Crippen LogP contribution in [0.2, 0.25) is 0 Å². The van der Waals surface area contributed by atoms with Gasteiger partial charge < -0.3 is 5.32 Å². The minimum Gasteiger partial charge on any atom is -0.350 e. The molecule has 1 N–H and O–H groups in total. The van der Waals surface area contributed by atoms with Crippen LogP contribution in [0.1, 0.15) is 30.0 Å². The van der Waals surface area contributed by atoms with Gasteiger partial charge in [0.1, 0.15) is 6.04 Å². The van der Waals surface area contributed by atoms with Crippen molar-refractivity contribution in [3.05, 3.63) is 65.2 Å². The first-order chi connectivity index (χ1) is 13.4. The summed E-state index contributed by atoms with van der Waals surface area (Å²) < 4.78 is 64.3. The van der Waals surface area contributed by atoms with Crippen molar-refractivity contribution in [3.63, 3.8) is 0 Å². The summed E-state index contributed by atoms with van der Waals surface area (Å²) in [6, 6.07) is 10.3. The number of carbonyl (C=O) groups excluding carboxylic acids is 1. The predicted molar refractivity (Wildman–Crippen MR) is 106 cm³/mol. The standard InChI is InChI=1S/C20H23F3N2O3S/c1-4-18(25(29(3,27)28)17-10-8-14(2)9-11-17)19(26)24-13-15-6-5-7-16(12-15)20(21,22)23/h5-12,18H,4,13H2,1-3H3,(H,24,26)/t18-/m0/s1. The summed E-state index contributed by atoms with van der Waals surface area (Å²) in [7, 11) is -3.77. The fraction of sp³-hybridized carbons (Fsp3) is 0.350. The minimum atomic E-state index is -4.48. The molecule has 0 saturated carbocycles. The molecule has 0 heterocycles. The van der Waals surface area contributed by atoms with Gasteiger partial charge in [-0.05, 0) is 43.2 Å². The van der Waals surface area contributed by atoms with Crippen LogP contribution < -0.4 is 9.62 Å². The van der Waals surface area contributed by atoms with Gasteiger partial charge in [-0.2, -0.15) is 13.2 Å². The molecule has 0 unspecified atom stereocenters. The Bertz CT molecular complexity index is 958. The molecule has 2 aromatic rings. The topological polar surface area (TPSA) is 66.5 Å². The van der Waals surface area contributed by atoms with Crippen molar-refractivity contribution in [3.8, 4) is 0 Å². The number of nitrogens with one attached hydrogen (secondary N) is 1. The summed E-state index contributed by atoms with van der Waals surface area (Å²) in [6.45, 7) is 3.37. The Morgan fingerprint density at radius 1 is 1.14 bits per heavy atom. The lowest BCUT2D eigenvalue weighted by Crippen LogP contribution is -2.49. The number of carbonyl (C=O) groups is 1. The Hall–Kier alpha value is -2.55. The highest BCUT2D eigenvalue weighted by atomic mass is 32.2. The van der Waals surface area contributed by atoms with Gasteiger partial charge >= 0.3 is 6.18 Å². The van der Waals surface area contributed by atoms with Crippen LogP contribution >= 0.6 is 0 Å². The van der Waals surface area contributed by atoms with Gasteiger partial charge in [0.2, 0.25) is 15.9 Å². The summed E-state index contributed by atoms with van der Waals surface area (Å²) in [5.74, 6) is -0.587. The largest absolute Gasteiger partial charge is 0.416 e. The third kappa shape index (κ3) is 5.96. The van der Waals surface area contributed by atoms with Gasteiger partial charge in [-0.1, -0.05) is 36.8 Å². The van der Waals surface area contributed by atoms with Crippen molar-refractivity contribution >= 4 is 21.6 Å². The van der Waals surface area contributed by atoms with E-state index in [9.17, 15) is 26.4 Å². The van der Waals surface area contributed by atoms with E-state index < -0.39 is 33.7 Å². The summed E-state index contributed by atoms with van der Waals surface area (Å²) in [6.07, 6.45) is -3.28. The van der Waals surface area contributed by atoms with Crippen molar-refractivity contribution in [2.24, 2.45) is 0 Å². The summed E-state index contributed by atoms with van der Waals surface area (Å²) in [4.78, 5) is 12.7. The lowest BCUT2D eigenvalue weighted by atomic mass is 10.1. The van der Waals surface area contributed by atoms with Crippen LogP contribution in [-0.4, -0.2) is 26.6 Å². The lowest BCUT2D eigenvalue weighted by molar-refractivity contribution is -0.137. The van der Waals surface area contributed by atoms with Crippen LogP contribution in [0.5, 0.6) is 0 Å². The van der Waals surface area contributed by atoms with Gasteiger partial charge in [-0.25, -0.2) is 8.42 Å². The van der Waals surface area contributed by atoms with Crippen molar-refractivity contribution < 1.29 is 26.4 Å². The van der Waals surface area contributed by atoms with E-state index in [2.05, 4.69) is 5.32 Å². The molecule has 1 amide bonds. The van der Waals surface area contributed by atoms with Gasteiger partial charge in [0.05, 0.1) is 17.5 Å². The first-order valence-corrected chi connectivity index (χ1v) is 10.8. The molecule has 2 aromatic carbocycles. The zero-order valence-corrected chi connectivity index (χ0v) is 17.1. The normalized spacial score (nSPS) is 13.0. The number of sulfonamides is 1. The monoisotopic (exact) mass is 428 g/mol. The fourth-order valence-electron chi connectivity index (χ4n) is 2.92. The van der Waals surface area contributed by atoms with E-state index in [0.29, 0.717) is 5.69 Å². The van der Waals surface area contributed by atoms with Crippen molar-refractivity contribution in [2.45, 2.75) is 39.0 Å². The van der Waals surface area contributed by atoms with Crippen LogP contribution in [0.25, 0.3) is 0 Å². The molecule has 0 aromatic heterocycles. The fourth-order valence-corrected chi connectivity index (χ4v) is 4.13. The van der Waals surface area contributed by atoms with Crippen molar-refractivity contribution in [2.75, 3.05) is 10.6 Å². The Labute approximate surface area is 168 Å². The van der Waals surface area contributed by atoms with Crippen LogP contribution in [-0.2, 0) is 27.5 Å². The highest BCUT2D eigenvalue weighted by Gasteiger charge is 2.32. The second-order valence-corrected chi connectivity index (χ2v) is 8.59. The molecule has 5 nitrogen and oxygen atoms in total. The first kappa shape index (κ1) is 22.7. The van der Waals surface area contributed by atoms with Crippen LogP contribution in [0.3, 0.4) is 0 Å². The number of nitrogens with zero attached hydrogens (tertiary/aromatic N) is 1. The van der Waals surface area contributed by atoms with Crippen LogP contribution in [0, 0.1) is 6.92 Å². The van der Waals surface area contributed by atoms with E-state index >= 15 is 0 Å². The Kier molecular flexibility index (Phi) is 6.94. The van der Waals surface area contributed by atoms with E-state index in [0.717, 1.165) is 28.3 Å². The molecular formula is C20H23F3N2O3S. The second kappa shape index (κ2) is 8.86. The average Bonchev–Trinajstić information content (AvgIpc) is 2.63. The van der Waals surface area contributed by atoms with Crippen molar-refractivity contribution in [1.29, 1.82) is 0 Å². The number of hydrogen-bond acceptors (Lipinski definition) is 3. The predicted octanol–water partition coefficient (Wildman–Crippen LogP) is 3.87. The maximum atomic E-state index is 12.8. The molecule has 158 valence electrons. The van der Waals surface area contributed by atoms with E-state index in [1.165, 1.54) is 12.1 Å². The third-order valence-corrected chi connectivity index (χ3v) is 5.52. The molecule has 29 heavy (non-hydrogen) atoms. The van der Waals surface area contributed by atoms with Crippen LogP contribution in [0.15, 0.2) is 48.5 Å². The first-order valence-electron chi connectivity index (χ1n) is 8.93. The number of anilines is 1. The molecular weight excluding hydrogens is 405 g/mol. The van der Waals surface area contributed by atoms with Crippen LogP contribution in [0.4, 0.5) is 18.9 Å². The Balaban J connectivity index is 2.23. The highest BCUT2D eigenvalue weighted by Crippen LogP contribution is 2.29. The van der Waals surface area contributed by atoms with Crippen molar-refractivity contribution in [1.82, 2.24) is 5.32 Å². The zero-order chi connectivity index (χ0) is 21.8. The summed E-state index contributed by atoms with van der Waals surface area (Å²) >= 11 is 0. The molecule has 0 spiro atoms. The van der Waals surface area contributed by atoms with Gasteiger partial charge in [-0.15, -0.1) is 0 Å². The molecule has 0 aliphatic rings. The van der Waals surface area contributed by atoms with E-state index in [-0.39, 0.29) is 18.5 Å². The second-order valence-electron chi connectivity index (χ2n) is 6.73. The van der Waals surface area contributed by atoms with E-state index in [4.69, 9.17) is 0 Å². The quantitative estimate of drug-likeness (QED) is 0.728. The van der Waals surface area contributed by atoms with E-state index in [1.54, 1.807) is 31.2 Å². The molecule has 2 rings (SSSR count). The average molecular weight is 428 g/mol. The number of benzene rings is 2. The van der Waals surface area contributed by atoms with Gasteiger partial charge in [-0.3, -0.25) is 9.10 Å². The number of aryl methyl sites for hydroxylation is 1. The van der Waals surface area contributed by atoms with Gasteiger partial charge in [0.15, 0.2) is 0 Å². The maximum absolute atomic E-state index is 12.8. The molecule has 0 aliphatic heterocycles. The number of hydrogen-bond donors (Lipinski definition) is 1. The molecule has 0 radical (unpaired) electrons. The lowest BCUT2D eigenvalue weighted by Gasteiger charge is -2.30. The number of rotatable bonds is 7. The minimum absolute atomic E-state index is 0.148. The van der Waals surface area contributed by atoms with Gasteiger partial charge in [0, 0.05) is 6.54 Å². The molecule has 9 heteroatoms. The molecule has 1 atom stereocenters. The molecule has 0 fully saturated rings. The Morgan fingerprint density at radius 3 is 2.28 bits per heavy atom. The number of halogens is 3. The smallest absolute Gasteiger partial charge is 0.350 e. The highest BCUT2D eigenvalue weighted by molar-refractivity contribution is 7.92. The molecule has 0 bridgehead atoms. The molecule has 0 aliphatic carbocycles. The van der Waals surface area contributed by atoms with E-state index in [1.807, 2.05) is 6.92 Å². The van der Waals surface area contributed by atoms with Gasteiger partial charge in [0.25, 0.3) is 0 Å². The maximum Gasteiger partial charge on any atom is 0.416 e.